The van der Waals surface area contributed by atoms with Crippen LogP contribution < -0.4 is 5.32 Å². The van der Waals surface area contributed by atoms with E-state index in [-0.39, 0.29) is 18.4 Å². The van der Waals surface area contributed by atoms with Crippen LogP contribution in [0.25, 0.3) is 0 Å². The fraction of sp³-hybridized carbons (Fsp3) is 0.842. The van der Waals surface area contributed by atoms with Crippen molar-refractivity contribution in [1.82, 2.24) is 15.3 Å². The molecule has 0 spiro atoms. The maximum Gasteiger partial charge on any atom is 0.245 e. The summed E-state index contributed by atoms with van der Waals surface area (Å²) in [5, 5.41) is 12.9. The summed E-state index contributed by atoms with van der Waals surface area (Å²) in [4.78, 5) is 37.4. The van der Waals surface area contributed by atoms with Crippen LogP contribution in [0.15, 0.2) is 0 Å². The molecule has 2 atom stereocenters. The van der Waals surface area contributed by atoms with Crippen LogP contribution in [-0.4, -0.2) is 60.1 Å². The van der Waals surface area contributed by atoms with Crippen molar-refractivity contribution < 1.29 is 19.6 Å². The lowest BCUT2D eigenvalue weighted by Crippen LogP contribution is -2.55. The van der Waals surface area contributed by atoms with E-state index in [9.17, 15) is 19.6 Å². The van der Waals surface area contributed by atoms with Crippen LogP contribution in [0.3, 0.4) is 0 Å². The van der Waals surface area contributed by atoms with E-state index in [2.05, 4.69) is 12.2 Å². The van der Waals surface area contributed by atoms with E-state index in [1.807, 2.05) is 20.8 Å². The highest BCUT2D eigenvalue weighted by Gasteiger charge is 2.35. The molecule has 7 nitrogen and oxygen atoms in total. The van der Waals surface area contributed by atoms with Gasteiger partial charge in [0, 0.05) is 14.1 Å². The molecule has 0 aromatic rings. The molecular weight excluding hydrogens is 334 g/mol. The molecule has 26 heavy (non-hydrogen) atoms. The summed E-state index contributed by atoms with van der Waals surface area (Å²) in [5.74, 6) is -1.04. The zero-order chi connectivity index (χ0) is 20.3. The van der Waals surface area contributed by atoms with Gasteiger partial charge in [0.15, 0.2) is 0 Å². The maximum atomic E-state index is 12.8. The Morgan fingerprint density at radius 1 is 1.12 bits per heavy atom. The zero-order valence-electron chi connectivity index (χ0n) is 17.2. The maximum absolute atomic E-state index is 12.8. The molecule has 0 aliphatic heterocycles. The number of unbranched alkanes of at least 4 members (excludes halogenated alkanes) is 4. The number of nitrogens with zero attached hydrogens (tertiary/aromatic N) is 2. The van der Waals surface area contributed by atoms with Crippen molar-refractivity contribution in [2.45, 2.75) is 72.3 Å². The number of carbonyl (C=O) groups is 3. The van der Waals surface area contributed by atoms with Crippen molar-refractivity contribution in [3.8, 4) is 0 Å². The number of hydrogen-bond acceptors (Lipinski definition) is 4. The van der Waals surface area contributed by atoms with Gasteiger partial charge >= 0.3 is 0 Å². The Bertz CT molecular complexity index is 447. The molecule has 0 saturated carbocycles. The molecule has 0 rings (SSSR count). The molecule has 0 aliphatic carbocycles. The van der Waals surface area contributed by atoms with Gasteiger partial charge in [-0.2, -0.15) is 0 Å². The SMILES string of the molecule is CCCCCCC[C@H](CN(O)C=O)C(=O)N[C@H](C(=O)N(C)C)C(C)(C)C. The van der Waals surface area contributed by atoms with Gasteiger partial charge in [0.1, 0.15) is 6.04 Å². The van der Waals surface area contributed by atoms with Gasteiger partial charge in [0.2, 0.25) is 18.2 Å². The lowest BCUT2D eigenvalue weighted by Gasteiger charge is -2.33. The first kappa shape index (κ1) is 24.4. The first-order chi connectivity index (χ1) is 12.0. The predicted octanol–water partition coefficient (Wildman–Crippen LogP) is 2.43. The molecule has 0 heterocycles. The monoisotopic (exact) mass is 371 g/mol. The summed E-state index contributed by atoms with van der Waals surface area (Å²) >= 11 is 0. The van der Waals surface area contributed by atoms with Gasteiger partial charge in [-0.15, -0.1) is 0 Å². The molecule has 0 aromatic carbocycles. The van der Waals surface area contributed by atoms with Gasteiger partial charge in [-0.05, 0) is 11.8 Å². The van der Waals surface area contributed by atoms with Crippen molar-refractivity contribution in [2.24, 2.45) is 11.3 Å². The van der Waals surface area contributed by atoms with Crippen LogP contribution in [0.4, 0.5) is 0 Å². The summed E-state index contributed by atoms with van der Waals surface area (Å²) in [6.45, 7) is 7.74. The van der Waals surface area contributed by atoms with Crippen molar-refractivity contribution in [1.29, 1.82) is 0 Å². The predicted molar refractivity (Wildman–Crippen MR) is 102 cm³/mol. The van der Waals surface area contributed by atoms with Crippen LogP contribution in [0.1, 0.15) is 66.2 Å². The molecule has 0 fully saturated rings. The third-order valence-electron chi connectivity index (χ3n) is 4.40. The van der Waals surface area contributed by atoms with Crippen LogP contribution in [0, 0.1) is 11.3 Å². The molecule has 2 N–H and O–H groups in total. The van der Waals surface area contributed by atoms with Gasteiger partial charge in [-0.3, -0.25) is 19.6 Å². The van der Waals surface area contributed by atoms with Crippen molar-refractivity contribution in [3.05, 3.63) is 0 Å². The molecule has 152 valence electrons. The minimum Gasteiger partial charge on any atom is -0.347 e. The van der Waals surface area contributed by atoms with Gasteiger partial charge in [-0.1, -0.05) is 59.8 Å². The van der Waals surface area contributed by atoms with Gasteiger partial charge in [0.25, 0.3) is 0 Å². The summed E-state index contributed by atoms with van der Waals surface area (Å²) < 4.78 is 0. The quantitative estimate of drug-likeness (QED) is 0.239. The summed E-state index contributed by atoms with van der Waals surface area (Å²) in [6.07, 6.45) is 6.10. The van der Waals surface area contributed by atoms with Crippen LogP contribution >= 0.6 is 0 Å². The molecule has 0 radical (unpaired) electrons. The first-order valence-electron chi connectivity index (χ1n) is 9.46. The molecule has 0 aromatic heterocycles. The highest BCUT2D eigenvalue weighted by molar-refractivity contribution is 5.89. The van der Waals surface area contributed by atoms with Crippen molar-refractivity contribution >= 4 is 18.2 Å². The Morgan fingerprint density at radius 3 is 2.15 bits per heavy atom. The van der Waals surface area contributed by atoms with E-state index >= 15 is 0 Å². The Morgan fingerprint density at radius 2 is 1.69 bits per heavy atom. The molecule has 7 heteroatoms. The van der Waals surface area contributed by atoms with Gasteiger partial charge < -0.3 is 10.2 Å². The van der Waals surface area contributed by atoms with E-state index in [4.69, 9.17) is 0 Å². The van der Waals surface area contributed by atoms with Crippen LogP contribution in [0.2, 0.25) is 0 Å². The van der Waals surface area contributed by atoms with E-state index in [0.29, 0.717) is 17.9 Å². The third-order valence-corrected chi connectivity index (χ3v) is 4.40. The number of amides is 3. The molecular formula is C19H37N3O4. The van der Waals surface area contributed by atoms with Gasteiger partial charge in [-0.25, -0.2) is 5.06 Å². The third kappa shape index (κ3) is 9.17. The Balaban J connectivity index is 5.04. The minimum absolute atomic E-state index is 0.0733. The number of rotatable bonds is 12. The van der Waals surface area contributed by atoms with E-state index in [1.165, 1.54) is 4.90 Å². The Kier molecular flexibility index (Phi) is 11.1. The number of hydrogen-bond donors (Lipinski definition) is 2. The summed E-state index contributed by atoms with van der Waals surface area (Å²) in [5.41, 5.74) is -0.452. The largest absolute Gasteiger partial charge is 0.347 e. The smallest absolute Gasteiger partial charge is 0.245 e. The van der Waals surface area contributed by atoms with Crippen LogP contribution in [-0.2, 0) is 14.4 Å². The zero-order valence-corrected chi connectivity index (χ0v) is 17.2. The average Bonchev–Trinajstić information content (AvgIpc) is 2.56. The lowest BCUT2D eigenvalue weighted by molar-refractivity contribution is -0.155. The normalized spacial score (nSPS) is 13.7. The Labute approximate surface area is 158 Å². The second kappa shape index (κ2) is 11.9. The topological polar surface area (TPSA) is 90.0 Å². The molecule has 0 bridgehead atoms. The number of carbonyl (C=O) groups excluding carboxylic acids is 3. The second-order valence-corrected chi connectivity index (χ2v) is 8.17. The summed E-state index contributed by atoms with van der Waals surface area (Å²) in [7, 11) is 3.31. The molecule has 3 amide bonds. The van der Waals surface area contributed by atoms with Crippen LogP contribution in [0.5, 0.6) is 0 Å². The fourth-order valence-electron chi connectivity index (χ4n) is 2.74. The van der Waals surface area contributed by atoms with E-state index < -0.39 is 17.4 Å². The summed E-state index contributed by atoms with van der Waals surface area (Å²) in [6, 6.07) is -0.670. The highest BCUT2D eigenvalue weighted by Crippen LogP contribution is 2.22. The number of hydroxylamine groups is 2. The first-order valence-corrected chi connectivity index (χ1v) is 9.46. The molecule has 0 unspecified atom stereocenters. The number of likely N-dealkylation sites (N-methyl/N-ethyl adjacent to an activating group) is 1. The fourth-order valence-corrected chi connectivity index (χ4v) is 2.74. The minimum atomic E-state index is -0.670. The van der Waals surface area contributed by atoms with Crippen molar-refractivity contribution in [2.75, 3.05) is 20.6 Å². The van der Waals surface area contributed by atoms with Crippen molar-refractivity contribution in [3.63, 3.8) is 0 Å². The molecule has 0 aliphatic rings. The Hall–Kier alpha value is -1.63. The van der Waals surface area contributed by atoms with Gasteiger partial charge in [0.05, 0.1) is 12.5 Å². The second-order valence-electron chi connectivity index (χ2n) is 8.17. The lowest BCUT2D eigenvalue weighted by atomic mass is 9.85. The van der Waals surface area contributed by atoms with E-state index in [1.54, 1.807) is 14.1 Å². The van der Waals surface area contributed by atoms with E-state index in [0.717, 1.165) is 32.1 Å². The highest BCUT2D eigenvalue weighted by atomic mass is 16.5. The average molecular weight is 372 g/mol. The number of nitrogens with one attached hydrogen (secondary N) is 1. The standard InChI is InChI=1S/C19H37N3O4/c1-7-8-9-10-11-12-15(13-22(26)14-23)17(24)20-16(19(2,3)4)18(25)21(5)6/h14-16,26H,7-13H2,1-6H3,(H,20,24)/t15-,16-/m1/s1. The molecule has 0 saturated heterocycles.